The van der Waals surface area contributed by atoms with E-state index in [-0.39, 0.29) is 0 Å². The third-order valence-corrected chi connectivity index (χ3v) is 4.72. The molecule has 0 atom stereocenters. The molecule has 21 heavy (non-hydrogen) atoms. The van der Waals surface area contributed by atoms with Crippen LogP contribution < -0.4 is 11.1 Å². The minimum absolute atomic E-state index is 0.419. The number of anilines is 1. The second-order valence-corrected chi connectivity index (χ2v) is 6.87. The fraction of sp³-hybridized carbons (Fsp3) is 0.0625. The summed E-state index contributed by atoms with van der Waals surface area (Å²) in [6, 6.07) is 16.0. The first-order valence-electron chi connectivity index (χ1n) is 6.45. The van der Waals surface area contributed by atoms with Crippen molar-refractivity contribution in [3.05, 3.63) is 63.3 Å². The van der Waals surface area contributed by atoms with Gasteiger partial charge in [-0.25, -0.2) is 0 Å². The number of fused-ring (bicyclic) bond motifs is 1. The SMILES string of the molecule is NC(=S)c1ccc(NCc2ccc(Cl)s2)c2ccccc12. The first-order chi connectivity index (χ1) is 10.1. The Hall–Kier alpha value is -1.62. The maximum absolute atomic E-state index is 5.96. The molecule has 5 heteroatoms. The van der Waals surface area contributed by atoms with Crippen LogP contribution in [0.3, 0.4) is 0 Å². The molecule has 106 valence electrons. The second-order valence-electron chi connectivity index (χ2n) is 4.63. The summed E-state index contributed by atoms with van der Waals surface area (Å²) in [7, 11) is 0. The normalized spacial score (nSPS) is 10.7. The Morgan fingerprint density at radius 1 is 1.10 bits per heavy atom. The first-order valence-corrected chi connectivity index (χ1v) is 8.05. The number of thiocarbonyl (C=S) groups is 1. The molecule has 2 nitrogen and oxygen atoms in total. The lowest BCUT2D eigenvalue weighted by atomic mass is 10.0. The van der Waals surface area contributed by atoms with Gasteiger partial charge in [0.1, 0.15) is 4.99 Å². The van der Waals surface area contributed by atoms with Crippen molar-refractivity contribution in [3.8, 4) is 0 Å². The summed E-state index contributed by atoms with van der Waals surface area (Å²) in [5, 5.41) is 5.64. The molecule has 3 rings (SSSR count). The Balaban J connectivity index is 1.96. The second kappa shape index (κ2) is 6.02. The van der Waals surface area contributed by atoms with Gasteiger partial charge in [0.05, 0.1) is 4.34 Å². The molecule has 0 unspecified atom stereocenters. The number of benzene rings is 2. The van der Waals surface area contributed by atoms with Crippen LogP contribution >= 0.6 is 35.2 Å². The van der Waals surface area contributed by atoms with Crippen molar-refractivity contribution in [2.75, 3.05) is 5.32 Å². The Morgan fingerprint density at radius 2 is 1.86 bits per heavy atom. The van der Waals surface area contributed by atoms with Crippen molar-refractivity contribution in [1.29, 1.82) is 0 Å². The van der Waals surface area contributed by atoms with Gasteiger partial charge in [-0.1, -0.05) is 48.1 Å². The Kier molecular flexibility index (Phi) is 4.10. The van der Waals surface area contributed by atoms with Crippen LogP contribution in [0, 0.1) is 0 Å². The Bertz CT molecular complexity index is 811. The maximum Gasteiger partial charge on any atom is 0.104 e. The van der Waals surface area contributed by atoms with Gasteiger partial charge < -0.3 is 11.1 Å². The van der Waals surface area contributed by atoms with Gasteiger partial charge in [-0.2, -0.15) is 0 Å². The molecule has 3 N–H and O–H groups in total. The van der Waals surface area contributed by atoms with Gasteiger partial charge in [0.25, 0.3) is 0 Å². The van der Waals surface area contributed by atoms with Crippen LogP contribution in [0.5, 0.6) is 0 Å². The van der Waals surface area contributed by atoms with Crippen molar-refractivity contribution in [2.45, 2.75) is 6.54 Å². The third kappa shape index (κ3) is 3.02. The zero-order chi connectivity index (χ0) is 14.8. The molecular formula is C16H13ClN2S2. The highest BCUT2D eigenvalue weighted by molar-refractivity contribution is 7.80. The molecular weight excluding hydrogens is 320 g/mol. The van der Waals surface area contributed by atoms with E-state index < -0.39 is 0 Å². The van der Waals surface area contributed by atoms with E-state index in [4.69, 9.17) is 29.6 Å². The van der Waals surface area contributed by atoms with Crippen LogP contribution in [0.1, 0.15) is 10.4 Å². The predicted octanol–water partition coefficient (Wildman–Crippen LogP) is 4.80. The molecule has 0 spiro atoms. The lowest BCUT2D eigenvalue weighted by Gasteiger charge is -2.12. The number of nitrogens with one attached hydrogen (secondary N) is 1. The maximum atomic E-state index is 5.96. The molecule has 0 fully saturated rings. The Morgan fingerprint density at radius 3 is 2.52 bits per heavy atom. The van der Waals surface area contributed by atoms with Crippen LogP contribution in [0.25, 0.3) is 10.8 Å². The lowest BCUT2D eigenvalue weighted by Crippen LogP contribution is -2.10. The number of nitrogens with two attached hydrogens (primary N) is 1. The van der Waals surface area contributed by atoms with Crippen LogP contribution in [0.15, 0.2) is 48.5 Å². The quantitative estimate of drug-likeness (QED) is 0.674. The number of hydrogen-bond acceptors (Lipinski definition) is 3. The van der Waals surface area contributed by atoms with Crippen molar-refractivity contribution >= 4 is 56.6 Å². The van der Waals surface area contributed by atoms with Crippen LogP contribution in [0.4, 0.5) is 5.69 Å². The van der Waals surface area contributed by atoms with Crippen LogP contribution in [-0.2, 0) is 6.54 Å². The minimum atomic E-state index is 0.419. The Labute approximate surface area is 137 Å². The molecule has 3 aromatic rings. The summed E-state index contributed by atoms with van der Waals surface area (Å²) >= 11 is 12.7. The molecule has 2 aromatic carbocycles. The average molecular weight is 333 g/mol. The highest BCUT2D eigenvalue weighted by Gasteiger charge is 2.07. The zero-order valence-electron chi connectivity index (χ0n) is 11.1. The third-order valence-electron chi connectivity index (χ3n) is 3.27. The fourth-order valence-corrected chi connectivity index (χ4v) is 3.50. The molecule has 0 saturated heterocycles. The topological polar surface area (TPSA) is 38.0 Å². The number of thiophene rings is 1. The molecule has 0 bridgehead atoms. The highest BCUT2D eigenvalue weighted by Crippen LogP contribution is 2.28. The number of hydrogen-bond donors (Lipinski definition) is 2. The van der Waals surface area contributed by atoms with Gasteiger partial charge in [-0.15, -0.1) is 11.3 Å². The standard InChI is InChI=1S/C16H13ClN2S2/c17-15-8-5-10(21-15)9-19-14-7-6-13(16(18)20)11-3-1-2-4-12(11)14/h1-8,19H,9H2,(H2,18,20). The van der Waals surface area contributed by atoms with E-state index >= 15 is 0 Å². The molecule has 1 aromatic heterocycles. The van der Waals surface area contributed by atoms with Gasteiger partial charge in [0, 0.05) is 28.1 Å². The van der Waals surface area contributed by atoms with Crippen molar-refractivity contribution in [3.63, 3.8) is 0 Å². The van der Waals surface area contributed by atoms with E-state index in [2.05, 4.69) is 11.4 Å². The van der Waals surface area contributed by atoms with Gasteiger partial charge in [0.15, 0.2) is 0 Å². The number of rotatable bonds is 4. The summed E-state index contributed by atoms with van der Waals surface area (Å²) in [5.74, 6) is 0. The van der Waals surface area contributed by atoms with E-state index in [0.717, 1.165) is 32.9 Å². The number of halogens is 1. The van der Waals surface area contributed by atoms with E-state index in [0.29, 0.717) is 4.99 Å². The molecule has 1 heterocycles. The first kappa shape index (κ1) is 14.3. The van der Waals surface area contributed by atoms with E-state index in [1.807, 2.05) is 42.5 Å². The average Bonchev–Trinajstić information content (AvgIpc) is 2.90. The van der Waals surface area contributed by atoms with E-state index in [1.54, 1.807) is 11.3 Å². The molecule has 0 aliphatic rings. The molecule has 0 aliphatic carbocycles. The van der Waals surface area contributed by atoms with Gasteiger partial charge >= 0.3 is 0 Å². The fourth-order valence-electron chi connectivity index (χ4n) is 2.30. The summed E-state index contributed by atoms with van der Waals surface area (Å²) in [4.78, 5) is 1.62. The highest BCUT2D eigenvalue weighted by atomic mass is 35.5. The summed E-state index contributed by atoms with van der Waals surface area (Å²) in [5.41, 5.74) is 7.77. The van der Waals surface area contributed by atoms with E-state index in [9.17, 15) is 0 Å². The van der Waals surface area contributed by atoms with Gasteiger partial charge in [0.2, 0.25) is 0 Å². The van der Waals surface area contributed by atoms with Gasteiger partial charge in [-0.3, -0.25) is 0 Å². The predicted molar refractivity (Wildman–Crippen MR) is 96.5 cm³/mol. The zero-order valence-corrected chi connectivity index (χ0v) is 13.5. The summed E-state index contributed by atoms with van der Waals surface area (Å²) in [6.45, 7) is 0.744. The van der Waals surface area contributed by atoms with Crippen molar-refractivity contribution in [1.82, 2.24) is 0 Å². The van der Waals surface area contributed by atoms with Crippen molar-refractivity contribution in [2.24, 2.45) is 5.73 Å². The van der Waals surface area contributed by atoms with Crippen LogP contribution in [-0.4, -0.2) is 4.99 Å². The van der Waals surface area contributed by atoms with Gasteiger partial charge in [-0.05, 0) is 29.7 Å². The lowest BCUT2D eigenvalue weighted by molar-refractivity contribution is 1.20. The molecule has 0 amide bonds. The van der Waals surface area contributed by atoms with Crippen LogP contribution in [0.2, 0.25) is 4.34 Å². The van der Waals surface area contributed by atoms with E-state index in [1.165, 1.54) is 4.88 Å². The smallest absolute Gasteiger partial charge is 0.104 e. The molecule has 0 aliphatic heterocycles. The van der Waals surface area contributed by atoms with Crippen molar-refractivity contribution < 1.29 is 0 Å². The summed E-state index contributed by atoms with van der Waals surface area (Å²) < 4.78 is 0.806. The minimum Gasteiger partial charge on any atom is -0.389 e. The summed E-state index contributed by atoms with van der Waals surface area (Å²) in [6.07, 6.45) is 0. The molecule has 0 radical (unpaired) electrons. The monoisotopic (exact) mass is 332 g/mol. The largest absolute Gasteiger partial charge is 0.389 e. The molecule has 0 saturated carbocycles.